The third-order valence-corrected chi connectivity index (χ3v) is 14.4. The van der Waals surface area contributed by atoms with Gasteiger partial charge in [-0.2, -0.15) is 11.6 Å². The van der Waals surface area contributed by atoms with Crippen molar-refractivity contribution in [2.75, 3.05) is 9.80 Å². The Morgan fingerprint density at radius 2 is 0.877 bits per heavy atom. The quantitative estimate of drug-likeness (QED) is 0.149. The van der Waals surface area contributed by atoms with Crippen LogP contribution in [0.15, 0.2) is 205 Å². The molecule has 4 aliphatic heterocycles. The molecule has 8 heteroatoms. The first kappa shape index (κ1) is 38.0. The molecule has 0 radical (unpaired) electrons. The molecule has 0 spiro atoms. The van der Waals surface area contributed by atoms with Gasteiger partial charge in [-0.05, 0) is 106 Å². The maximum absolute atomic E-state index is 7.42. The largest absolute Gasteiger partial charge is 0.551 e. The highest BCUT2D eigenvalue weighted by Gasteiger charge is 2.47. The SMILES string of the molecule is CC(C)c1c2c(cc3c1Oc1cc(N(c4ccccc4)c4ccccc4)cc4c1B3Sc1ccccc1-4)B1Oc3ccccc3-c3cc(N(c4ccccc4)c4ccccc4)cc(c31)O2. The van der Waals surface area contributed by atoms with Crippen molar-refractivity contribution in [3.63, 3.8) is 0 Å². The van der Waals surface area contributed by atoms with Gasteiger partial charge in [-0.1, -0.05) is 129 Å². The molecule has 4 aliphatic rings. The summed E-state index contributed by atoms with van der Waals surface area (Å²) in [5.41, 5.74) is 16.3. The fourth-order valence-electron chi connectivity index (χ4n) is 10.3. The van der Waals surface area contributed by atoms with Crippen molar-refractivity contribution in [2.45, 2.75) is 24.7 Å². The maximum Gasteiger partial charge on any atom is 0.434 e. The molecule has 9 aromatic carbocycles. The molecular weight excluding hydrogens is 814 g/mol. The predicted molar refractivity (Wildman–Crippen MR) is 270 cm³/mol. The van der Waals surface area contributed by atoms with Crippen molar-refractivity contribution in [2.24, 2.45) is 0 Å². The predicted octanol–water partition coefficient (Wildman–Crippen LogP) is 13.0. The summed E-state index contributed by atoms with van der Waals surface area (Å²) in [6.45, 7) is 4.10. The van der Waals surface area contributed by atoms with Crippen LogP contribution in [0.25, 0.3) is 22.3 Å². The summed E-state index contributed by atoms with van der Waals surface area (Å²) in [6, 6.07) is 71.0. The van der Waals surface area contributed by atoms with Gasteiger partial charge in [-0.15, -0.1) is 0 Å². The van der Waals surface area contributed by atoms with Gasteiger partial charge < -0.3 is 23.9 Å². The van der Waals surface area contributed by atoms with Gasteiger partial charge >= 0.3 is 6.92 Å². The molecule has 0 aliphatic carbocycles. The van der Waals surface area contributed by atoms with E-state index in [0.717, 1.165) is 96.0 Å². The van der Waals surface area contributed by atoms with Crippen LogP contribution in [0, 0.1) is 0 Å². The van der Waals surface area contributed by atoms with E-state index in [4.69, 9.17) is 14.1 Å². The first-order valence-electron chi connectivity index (χ1n) is 22.3. The average Bonchev–Trinajstić information content (AvgIpc) is 3.35. The minimum Gasteiger partial charge on any atom is -0.551 e. The van der Waals surface area contributed by atoms with Crippen molar-refractivity contribution >= 4 is 80.5 Å². The molecule has 0 atom stereocenters. The van der Waals surface area contributed by atoms with E-state index in [-0.39, 0.29) is 11.9 Å². The van der Waals surface area contributed by atoms with Crippen molar-refractivity contribution in [1.29, 1.82) is 0 Å². The van der Waals surface area contributed by atoms with Crippen molar-refractivity contribution in [1.82, 2.24) is 0 Å². The second kappa shape index (κ2) is 15.0. The second-order valence-electron chi connectivity index (χ2n) is 17.3. The van der Waals surface area contributed by atoms with E-state index >= 15 is 0 Å². The first-order valence-corrected chi connectivity index (χ1v) is 23.2. The first-order chi connectivity index (χ1) is 32.1. The highest BCUT2D eigenvalue weighted by molar-refractivity contribution is 8.28. The molecular formula is C57H40B2N2O3S. The third kappa shape index (κ3) is 6.04. The molecule has 0 N–H and O–H groups in total. The van der Waals surface area contributed by atoms with Gasteiger partial charge in [0.05, 0.1) is 11.4 Å². The zero-order valence-electron chi connectivity index (χ0n) is 35.8. The van der Waals surface area contributed by atoms with Crippen LogP contribution in [0.5, 0.6) is 28.7 Å². The molecule has 308 valence electrons. The zero-order chi connectivity index (χ0) is 43.2. The summed E-state index contributed by atoms with van der Waals surface area (Å²) < 4.78 is 22.0. The van der Waals surface area contributed by atoms with Gasteiger partial charge in [0.15, 0.2) is 0 Å². The fraction of sp³-hybridized carbons (Fsp3) is 0.0526. The van der Waals surface area contributed by atoms with E-state index in [1.54, 1.807) is 0 Å². The Balaban J connectivity index is 1.02. The van der Waals surface area contributed by atoms with Crippen LogP contribution in [0.3, 0.4) is 0 Å². The minimum absolute atomic E-state index is 0.0261. The summed E-state index contributed by atoms with van der Waals surface area (Å²) in [5.74, 6) is 4.20. The number of hydrogen-bond acceptors (Lipinski definition) is 6. The molecule has 5 nitrogen and oxygen atoms in total. The molecule has 13 rings (SSSR count). The molecule has 0 saturated carbocycles. The van der Waals surface area contributed by atoms with Gasteiger partial charge in [-0.25, -0.2) is 0 Å². The zero-order valence-corrected chi connectivity index (χ0v) is 36.6. The molecule has 9 aromatic rings. The molecule has 0 unspecified atom stereocenters. The number of para-hydroxylation sites is 5. The van der Waals surface area contributed by atoms with E-state index in [2.05, 4.69) is 224 Å². The molecule has 0 amide bonds. The van der Waals surface area contributed by atoms with Crippen LogP contribution in [-0.2, 0) is 0 Å². The van der Waals surface area contributed by atoms with Crippen LogP contribution in [0.4, 0.5) is 34.1 Å². The topological polar surface area (TPSA) is 34.2 Å². The minimum atomic E-state index is -0.396. The Morgan fingerprint density at radius 1 is 0.415 bits per heavy atom. The average molecular weight is 855 g/mol. The van der Waals surface area contributed by atoms with Crippen molar-refractivity contribution in [3.8, 4) is 51.0 Å². The molecule has 0 saturated heterocycles. The van der Waals surface area contributed by atoms with Gasteiger partial charge in [0.1, 0.15) is 28.7 Å². The summed E-state index contributed by atoms with van der Waals surface area (Å²) in [7, 11) is 0. The Hall–Kier alpha value is -7.54. The number of hydrogen-bond donors (Lipinski definition) is 0. The number of ether oxygens (including phenoxy) is 2. The number of nitrogens with zero attached hydrogens (tertiary/aromatic N) is 2. The van der Waals surface area contributed by atoms with Crippen LogP contribution in [0.2, 0.25) is 0 Å². The Kier molecular flexibility index (Phi) is 8.78. The summed E-state index contributed by atoms with van der Waals surface area (Å²) >= 11 is 1.91. The van der Waals surface area contributed by atoms with E-state index in [0.29, 0.717) is 0 Å². The standard InChI is InChI=1S/C57H40B2N2O3S/c1-36(2)53-56-47(58-54-45(43-27-15-17-29-49(43)64-58)31-41(33-50(54)62-56)60(37-19-7-3-8-20-37)38-21-9-4-10-22-38)35-48-57(53)63-51-34-42(32-46-44-28-16-18-30-52(44)65-59(48)55(46)51)61(39-23-11-5-12-24-39)40-25-13-6-14-26-40/h3-36H,1-2H3. The molecule has 65 heavy (non-hydrogen) atoms. The van der Waals surface area contributed by atoms with Gasteiger partial charge in [0.2, 0.25) is 0 Å². The van der Waals surface area contributed by atoms with E-state index < -0.39 is 6.92 Å². The lowest BCUT2D eigenvalue weighted by Crippen LogP contribution is -2.56. The Morgan fingerprint density at radius 3 is 1.43 bits per heavy atom. The van der Waals surface area contributed by atoms with Gasteiger partial charge in [0.25, 0.3) is 5.99 Å². The normalized spacial score (nSPS) is 13.2. The summed E-state index contributed by atoms with van der Waals surface area (Å²) in [6.07, 6.45) is 0. The maximum atomic E-state index is 7.42. The monoisotopic (exact) mass is 854 g/mol. The van der Waals surface area contributed by atoms with E-state index in [9.17, 15) is 0 Å². The molecule has 0 aromatic heterocycles. The number of benzene rings is 9. The van der Waals surface area contributed by atoms with Crippen LogP contribution >= 0.6 is 11.6 Å². The number of anilines is 6. The molecule has 0 fully saturated rings. The number of fused-ring (bicyclic) bond motifs is 8. The van der Waals surface area contributed by atoms with Crippen molar-refractivity contribution < 1.29 is 14.1 Å². The van der Waals surface area contributed by atoms with Gasteiger partial charge in [0, 0.05) is 61.8 Å². The highest BCUT2D eigenvalue weighted by atomic mass is 32.2. The van der Waals surface area contributed by atoms with Gasteiger partial charge in [-0.3, -0.25) is 0 Å². The van der Waals surface area contributed by atoms with Crippen molar-refractivity contribution in [3.05, 3.63) is 206 Å². The molecule has 0 bridgehead atoms. The Bertz CT molecular complexity index is 3040. The van der Waals surface area contributed by atoms with Crippen LogP contribution < -0.4 is 45.8 Å². The van der Waals surface area contributed by atoms with Crippen LogP contribution in [0.1, 0.15) is 25.3 Å². The van der Waals surface area contributed by atoms with Crippen LogP contribution in [-0.4, -0.2) is 12.9 Å². The molecule has 4 heterocycles. The second-order valence-corrected chi connectivity index (χ2v) is 18.4. The summed E-state index contributed by atoms with van der Waals surface area (Å²) in [5, 5.41) is 0. The highest BCUT2D eigenvalue weighted by Crippen LogP contribution is 2.51. The lowest BCUT2D eigenvalue weighted by molar-refractivity contribution is 0.446. The van der Waals surface area contributed by atoms with E-state index in [1.165, 1.54) is 21.5 Å². The summed E-state index contributed by atoms with van der Waals surface area (Å²) in [4.78, 5) is 5.88. The lowest BCUT2D eigenvalue weighted by atomic mass is 9.48. The lowest BCUT2D eigenvalue weighted by Gasteiger charge is -2.39. The third-order valence-electron chi connectivity index (χ3n) is 13.1. The number of rotatable bonds is 7. The van der Waals surface area contributed by atoms with E-state index in [1.807, 2.05) is 11.6 Å². The fourth-order valence-corrected chi connectivity index (χ4v) is 11.7. The smallest absolute Gasteiger partial charge is 0.434 e. The Labute approximate surface area is 384 Å².